The highest BCUT2D eigenvalue weighted by molar-refractivity contribution is 7.71. The third-order valence-electron chi connectivity index (χ3n) is 3.67. The zero-order chi connectivity index (χ0) is 25.4. The molecule has 2 heterocycles. The Hall–Kier alpha value is -1.37. The summed E-state index contributed by atoms with van der Waals surface area (Å²) in [6, 6.07) is 0. The number of aliphatic hydroxyl groups excluding tert-OH is 2. The number of aliphatic hydroxyl groups is 2. The molecule has 7 N–H and O–H groups in total. The fraction of sp³-hybridized carbons (Fsp3) is 0.556. The van der Waals surface area contributed by atoms with Crippen LogP contribution in [0.1, 0.15) is 6.23 Å². The molecule has 1 aromatic rings. The molecule has 2 rings (SSSR count). The summed E-state index contributed by atoms with van der Waals surface area (Å²) in [5.74, 6) is -1.40. The predicted molar refractivity (Wildman–Crippen MR) is 99.7 cm³/mol. The average molecular weight is 559 g/mol. The van der Waals surface area contributed by atoms with Crippen molar-refractivity contribution in [3.05, 3.63) is 37.6 Å². The Labute approximate surface area is 185 Å². The fourth-order valence-electron chi connectivity index (χ4n) is 2.43. The summed E-state index contributed by atoms with van der Waals surface area (Å²) in [4.78, 5) is 51.1. The molecule has 0 amide bonds. The first-order chi connectivity index (χ1) is 14.9. The van der Waals surface area contributed by atoms with Gasteiger partial charge in [-0.05, 0) is 17.7 Å². The standard InChI is InChI=1S/C9H13FN5O14P3S/c10-3-1-15(8(33)12-6(3)18)7-4(16)5(17)9(27-7,13-14-11)2-26-31(22,23)29-32(24,25)28-30(19,20)21/h1,4-5,7,16-17H,2H2,(H,22,23)(H,24,25)(H,12,18,33)(H2,19,20,21)/t4-,5?,7+,9+/m0/s1. The van der Waals surface area contributed by atoms with Crippen LogP contribution in [0, 0.1) is 10.6 Å². The second-order valence-corrected chi connectivity index (χ2v) is 10.8. The summed E-state index contributed by atoms with van der Waals surface area (Å²) in [5.41, 5.74) is 4.76. The van der Waals surface area contributed by atoms with Crippen LogP contribution in [-0.2, 0) is 31.6 Å². The number of H-pyrrole nitrogens is 1. The van der Waals surface area contributed by atoms with Gasteiger partial charge in [-0.25, -0.2) is 13.7 Å². The van der Waals surface area contributed by atoms with Gasteiger partial charge in [0.25, 0.3) is 5.56 Å². The monoisotopic (exact) mass is 559 g/mol. The Bertz CT molecular complexity index is 1230. The first-order valence-corrected chi connectivity index (χ1v) is 12.7. The van der Waals surface area contributed by atoms with Crippen LogP contribution in [-0.4, -0.2) is 63.9 Å². The van der Waals surface area contributed by atoms with E-state index in [0.717, 1.165) is 0 Å². The molecule has 6 atom stereocenters. The number of phosphoric acid groups is 3. The summed E-state index contributed by atoms with van der Waals surface area (Å²) >= 11 is 4.79. The molecular weight excluding hydrogens is 546 g/mol. The lowest BCUT2D eigenvalue weighted by molar-refractivity contribution is -0.122. The molecule has 0 spiro atoms. The summed E-state index contributed by atoms with van der Waals surface area (Å²) < 4.78 is 64.1. The molecule has 3 unspecified atom stereocenters. The van der Waals surface area contributed by atoms with Gasteiger partial charge in [0.15, 0.2) is 11.0 Å². The molecule has 1 saturated heterocycles. The van der Waals surface area contributed by atoms with Crippen LogP contribution >= 0.6 is 35.7 Å². The zero-order valence-corrected chi connectivity index (χ0v) is 18.9. The number of nitrogens with zero attached hydrogens (tertiary/aromatic N) is 4. The van der Waals surface area contributed by atoms with Crippen LogP contribution in [0.3, 0.4) is 0 Å². The normalized spacial score (nSPS) is 29.1. The van der Waals surface area contributed by atoms with Crippen molar-refractivity contribution in [1.29, 1.82) is 0 Å². The molecule has 0 radical (unpaired) electrons. The first kappa shape index (κ1) is 27.9. The molecule has 1 fully saturated rings. The van der Waals surface area contributed by atoms with E-state index in [9.17, 15) is 38.0 Å². The fourth-order valence-corrected chi connectivity index (χ4v) is 5.72. The molecule has 1 aliphatic heterocycles. The largest absolute Gasteiger partial charge is 0.490 e. The van der Waals surface area contributed by atoms with E-state index in [1.807, 2.05) is 4.98 Å². The Morgan fingerprint density at radius 2 is 1.88 bits per heavy atom. The quantitative estimate of drug-likeness (QED) is 0.0668. The number of hydrogen-bond acceptors (Lipinski definition) is 12. The van der Waals surface area contributed by atoms with Gasteiger partial charge >= 0.3 is 23.5 Å². The number of aromatic amines is 1. The van der Waals surface area contributed by atoms with Crippen LogP contribution in [0.5, 0.6) is 0 Å². The molecule has 1 aromatic heterocycles. The molecule has 0 aliphatic carbocycles. The van der Waals surface area contributed by atoms with Gasteiger partial charge in [0, 0.05) is 4.91 Å². The van der Waals surface area contributed by atoms with Crippen molar-refractivity contribution in [3.8, 4) is 0 Å². The highest BCUT2D eigenvalue weighted by Gasteiger charge is 2.56. The van der Waals surface area contributed by atoms with Crippen molar-refractivity contribution in [1.82, 2.24) is 9.55 Å². The second-order valence-electron chi connectivity index (χ2n) is 5.99. The van der Waals surface area contributed by atoms with E-state index in [4.69, 9.17) is 37.2 Å². The predicted octanol–water partition coefficient (Wildman–Crippen LogP) is -0.355. The Balaban J connectivity index is 2.32. The summed E-state index contributed by atoms with van der Waals surface area (Å²) in [7, 11) is -17.3. The van der Waals surface area contributed by atoms with Crippen molar-refractivity contribution in [2.45, 2.75) is 24.2 Å². The van der Waals surface area contributed by atoms with E-state index in [1.165, 1.54) is 0 Å². The van der Waals surface area contributed by atoms with Crippen LogP contribution in [0.2, 0.25) is 0 Å². The van der Waals surface area contributed by atoms with E-state index in [2.05, 4.69) is 23.2 Å². The minimum Gasteiger partial charge on any atom is -0.387 e. The molecule has 19 nitrogen and oxygen atoms in total. The second kappa shape index (κ2) is 9.71. The van der Waals surface area contributed by atoms with E-state index >= 15 is 0 Å². The van der Waals surface area contributed by atoms with E-state index < -0.39 is 70.4 Å². The van der Waals surface area contributed by atoms with Gasteiger partial charge in [0.05, 0.1) is 12.8 Å². The summed E-state index contributed by atoms with van der Waals surface area (Å²) in [6.07, 6.45) is -5.76. The summed E-state index contributed by atoms with van der Waals surface area (Å²) in [5, 5.41) is 23.6. The lowest BCUT2D eigenvalue weighted by Crippen LogP contribution is -2.44. The van der Waals surface area contributed by atoms with Gasteiger partial charge in [0.2, 0.25) is 11.5 Å². The van der Waals surface area contributed by atoms with E-state index in [-0.39, 0.29) is 0 Å². The van der Waals surface area contributed by atoms with Gasteiger partial charge in [-0.15, -0.1) is 0 Å². The minimum atomic E-state index is -5.89. The van der Waals surface area contributed by atoms with Crippen molar-refractivity contribution >= 4 is 35.7 Å². The molecule has 186 valence electrons. The number of rotatable bonds is 9. The molecule has 33 heavy (non-hydrogen) atoms. The maximum Gasteiger partial charge on any atom is 0.490 e. The van der Waals surface area contributed by atoms with Gasteiger partial charge < -0.3 is 34.5 Å². The molecule has 0 aromatic carbocycles. The van der Waals surface area contributed by atoms with Gasteiger partial charge in [-0.3, -0.25) is 18.9 Å². The van der Waals surface area contributed by atoms with Gasteiger partial charge in [-0.1, -0.05) is 5.11 Å². The SMILES string of the molecule is [N-]=[N+]=N[C@]1(COP(=O)(O)OP(=O)(O)OP(=O)(O)O)O[C@@H](n2cc(F)c(=O)[nH]c2=S)[C@@H](O)C1O. The average Bonchev–Trinajstić information content (AvgIpc) is 2.86. The molecular formula is C9H13FN5O14P3S. The Morgan fingerprint density at radius 3 is 2.42 bits per heavy atom. The van der Waals surface area contributed by atoms with E-state index in [0.29, 0.717) is 10.8 Å². The van der Waals surface area contributed by atoms with Gasteiger partial charge in [-0.2, -0.15) is 13.0 Å². The number of halogens is 1. The maximum atomic E-state index is 13.6. The van der Waals surface area contributed by atoms with E-state index in [1.54, 1.807) is 0 Å². The smallest absolute Gasteiger partial charge is 0.387 e. The van der Waals surface area contributed by atoms with Crippen LogP contribution in [0.4, 0.5) is 4.39 Å². The third kappa shape index (κ3) is 6.83. The number of phosphoric ester groups is 1. The number of hydrogen-bond donors (Lipinski definition) is 7. The van der Waals surface area contributed by atoms with Crippen molar-refractivity contribution < 1.29 is 65.8 Å². The topological polar surface area (TPSA) is 296 Å². The van der Waals surface area contributed by atoms with Crippen molar-refractivity contribution in [2.75, 3.05) is 6.61 Å². The third-order valence-corrected chi connectivity index (χ3v) is 7.76. The number of ether oxygens (including phenoxy) is 1. The van der Waals surface area contributed by atoms with Crippen molar-refractivity contribution in [3.63, 3.8) is 0 Å². The van der Waals surface area contributed by atoms with Crippen LogP contribution < -0.4 is 5.56 Å². The first-order valence-electron chi connectivity index (χ1n) is 7.81. The lowest BCUT2D eigenvalue weighted by Gasteiger charge is -2.27. The Kier molecular flexibility index (Phi) is 8.20. The van der Waals surface area contributed by atoms with Gasteiger partial charge in [0.1, 0.15) is 12.2 Å². The zero-order valence-electron chi connectivity index (χ0n) is 15.4. The number of aromatic nitrogens is 2. The molecule has 1 aliphatic rings. The number of nitrogens with one attached hydrogen (secondary N) is 1. The van der Waals surface area contributed by atoms with Crippen LogP contribution in [0.25, 0.3) is 10.4 Å². The van der Waals surface area contributed by atoms with Crippen LogP contribution in [0.15, 0.2) is 16.1 Å². The van der Waals surface area contributed by atoms with Crippen molar-refractivity contribution in [2.24, 2.45) is 5.11 Å². The molecule has 24 heteroatoms. The lowest BCUT2D eigenvalue weighted by atomic mass is 10.1. The molecule has 0 bridgehead atoms. The summed E-state index contributed by atoms with van der Waals surface area (Å²) in [6.45, 7) is -1.49. The molecule has 0 saturated carbocycles. The Morgan fingerprint density at radius 1 is 1.27 bits per heavy atom. The number of azide groups is 1. The highest BCUT2D eigenvalue weighted by atomic mass is 32.1. The minimum absolute atomic E-state index is 0.469. The maximum absolute atomic E-state index is 13.6. The highest BCUT2D eigenvalue weighted by Crippen LogP contribution is 2.66.